The van der Waals surface area contributed by atoms with E-state index in [0.29, 0.717) is 36.0 Å². The molecule has 0 spiro atoms. The first-order chi connectivity index (χ1) is 17.4. The normalized spacial score (nSPS) is 14.2. The number of morpholine rings is 1. The number of rotatable bonds is 6. The van der Waals surface area contributed by atoms with Crippen molar-refractivity contribution >= 4 is 34.2 Å². The maximum Gasteiger partial charge on any atom is 0.226 e. The summed E-state index contributed by atoms with van der Waals surface area (Å²) in [7, 11) is 0. The average molecular weight is 484 g/mol. The van der Waals surface area contributed by atoms with Gasteiger partial charge < -0.3 is 20.3 Å². The Labute approximate surface area is 212 Å². The minimum absolute atomic E-state index is 0.115. The number of aryl methyl sites for hydroxylation is 1. The molecule has 0 atom stereocenters. The Morgan fingerprint density at radius 3 is 2.64 bits per heavy atom. The maximum atomic E-state index is 5.47. The van der Waals surface area contributed by atoms with Gasteiger partial charge in [-0.15, -0.1) is 0 Å². The number of anilines is 4. The van der Waals surface area contributed by atoms with Crippen molar-refractivity contribution in [2.45, 2.75) is 39.7 Å². The molecule has 186 valence electrons. The molecular weight excluding hydrogens is 450 g/mol. The lowest BCUT2D eigenvalue weighted by Gasteiger charge is -2.26. The van der Waals surface area contributed by atoms with Crippen LogP contribution in [0.3, 0.4) is 0 Å². The molecule has 2 N–H and O–H groups in total. The van der Waals surface area contributed by atoms with Gasteiger partial charge in [-0.1, -0.05) is 45.0 Å². The first kappa shape index (κ1) is 23.9. The Morgan fingerprint density at radius 1 is 1.00 bits per heavy atom. The second-order valence-electron chi connectivity index (χ2n) is 10.2. The quantitative estimate of drug-likeness (QED) is 0.386. The SMILES string of the molecule is Cc1ccc(CNc2cccc(C(C)(C)C)c2)cc1Nc1ncnc2cnc(N3CCOCC3)nc12. The minimum atomic E-state index is 0.115. The zero-order valence-corrected chi connectivity index (χ0v) is 21.4. The summed E-state index contributed by atoms with van der Waals surface area (Å²) < 4.78 is 5.47. The van der Waals surface area contributed by atoms with E-state index >= 15 is 0 Å². The lowest BCUT2D eigenvalue weighted by atomic mass is 9.87. The molecule has 0 radical (unpaired) electrons. The number of benzene rings is 2. The molecule has 5 rings (SSSR count). The van der Waals surface area contributed by atoms with Gasteiger partial charge in [0.05, 0.1) is 19.4 Å². The summed E-state index contributed by atoms with van der Waals surface area (Å²) in [6.07, 6.45) is 3.31. The number of nitrogens with one attached hydrogen (secondary N) is 2. The zero-order valence-electron chi connectivity index (χ0n) is 21.4. The summed E-state index contributed by atoms with van der Waals surface area (Å²) in [4.78, 5) is 20.3. The highest BCUT2D eigenvalue weighted by Gasteiger charge is 2.17. The highest BCUT2D eigenvalue weighted by Crippen LogP contribution is 2.27. The van der Waals surface area contributed by atoms with Crippen molar-refractivity contribution in [3.8, 4) is 0 Å². The van der Waals surface area contributed by atoms with Crippen LogP contribution in [0.2, 0.25) is 0 Å². The zero-order chi connectivity index (χ0) is 25.1. The van der Waals surface area contributed by atoms with Crippen molar-refractivity contribution in [3.05, 3.63) is 71.7 Å². The molecule has 1 saturated heterocycles. The third-order valence-electron chi connectivity index (χ3n) is 6.44. The van der Waals surface area contributed by atoms with Crippen molar-refractivity contribution in [3.63, 3.8) is 0 Å². The summed E-state index contributed by atoms with van der Waals surface area (Å²) in [5.74, 6) is 1.35. The van der Waals surface area contributed by atoms with Crippen molar-refractivity contribution in [2.75, 3.05) is 41.8 Å². The minimum Gasteiger partial charge on any atom is -0.381 e. The van der Waals surface area contributed by atoms with Crippen LogP contribution in [-0.4, -0.2) is 46.2 Å². The molecule has 2 aromatic heterocycles. The summed E-state index contributed by atoms with van der Waals surface area (Å²) in [5, 5.41) is 7.07. The van der Waals surface area contributed by atoms with Crippen LogP contribution in [0.5, 0.6) is 0 Å². The van der Waals surface area contributed by atoms with Gasteiger partial charge in [0, 0.05) is 31.0 Å². The molecule has 0 saturated carbocycles. The molecule has 36 heavy (non-hydrogen) atoms. The Kier molecular flexibility index (Phi) is 6.69. The monoisotopic (exact) mass is 483 g/mol. The molecule has 1 aliphatic heterocycles. The molecule has 2 aromatic carbocycles. The van der Waals surface area contributed by atoms with E-state index in [9.17, 15) is 0 Å². The summed E-state index contributed by atoms with van der Waals surface area (Å²) >= 11 is 0. The Bertz CT molecular complexity index is 1360. The summed E-state index contributed by atoms with van der Waals surface area (Å²) in [6.45, 7) is 12.4. The Balaban J connectivity index is 1.37. The molecule has 0 amide bonds. The number of nitrogens with zero attached hydrogens (tertiary/aromatic N) is 5. The standard InChI is InChI=1S/C28H33N7O/c1-19-8-9-20(16-29-22-7-5-6-21(15-22)28(2,3)4)14-23(19)33-26-25-24(31-18-32-26)17-30-27(34-25)35-10-12-36-13-11-35/h5-9,14-15,17-18,29H,10-13,16H2,1-4H3,(H,31,32,33). The van der Waals surface area contributed by atoms with Gasteiger partial charge in [-0.3, -0.25) is 0 Å². The number of hydrogen-bond acceptors (Lipinski definition) is 8. The van der Waals surface area contributed by atoms with Crippen LogP contribution in [0.1, 0.15) is 37.5 Å². The lowest BCUT2D eigenvalue weighted by molar-refractivity contribution is 0.122. The largest absolute Gasteiger partial charge is 0.381 e. The van der Waals surface area contributed by atoms with Crippen LogP contribution in [0.25, 0.3) is 11.0 Å². The molecule has 0 aliphatic carbocycles. The molecule has 4 aromatic rings. The van der Waals surface area contributed by atoms with E-state index in [1.54, 1.807) is 12.5 Å². The first-order valence-electron chi connectivity index (χ1n) is 12.4. The average Bonchev–Trinajstić information content (AvgIpc) is 2.89. The van der Waals surface area contributed by atoms with Gasteiger partial charge in [-0.05, 0) is 47.2 Å². The number of hydrogen-bond donors (Lipinski definition) is 2. The van der Waals surface area contributed by atoms with Gasteiger partial charge in [-0.25, -0.2) is 19.9 Å². The van der Waals surface area contributed by atoms with E-state index in [4.69, 9.17) is 9.72 Å². The van der Waals surface area contributed by atoms with E-state index in [1.807, 2.05) is 0 Å². The first-order valence-corrected chi connectivity index (χ1v) is 12.4. The Morgan fingerprint density at radius 2 is 1.83 bits per heavy atom. The van der Waals surface area contributed by atoms with Crippen LogP contribution >= 0.6 is 0 Å². The molecular formula is C28H33N7O. The van der Waals surface area contributed by atoms with E-state index in [2.05, 4.69) is 101 Å². The van der Waals surface area contributed by atoms with Crippen LogP contribution < -0.4 is 15.5 Å². The molecule has 8 nitrogen and oxygen atoms in total. The number of ether oxygens (including phenoxy) is 1. The van der Waals surface area contributed by atoms with Crippen molar-refractivity contribution < 1.29 is 4.74 Å². The van der Waals surface area contributed by atoms with Crippen LogP contribution in [0.15, 0.2) is 55.0 Å². The molecule has 3 heterocycles. The number of fused-ring (bicyclic) bond motifs is 1. The molecule has 8 heteroatoms. The van der Waals surface area contributed by atoms with Crippen molar-refractivity contribution in [2.24, 2.45) is 0 Å². The predicted octanol–water partition coefficient (Wildman–Crippen LogP) is 5.22. The van der Waals surface area contributed by atoms with Gasteiger partial charge in [0.1, 0.15) is 17.4 Å². The highest BCUT2D eigenvalue weighted by atomic mass is 16.5. The van der Waals surface area contributed by atoms with Gasteiger partial charge in [0.2, 0.25) is 5.95 Å². The second kappa shape index (κ2) is 10.1. The van der Waals surface area contributed by atoms with Gasteiger partial charge in [0.25, 0.3) is 0 Å². The van der Waals surface area contributed by atoms with E-state index in [1.165, 1.54) is 11.1 Å². The lowest BCUT2D eigenvalue weighted by Crippen LogP contribution is -2.37. The molecule has 1 aliphatic rings. The number of aromatic nitrogens is 4. The second-order valence-corrected chi connectivity index (χ2v) is 10.2. The fourth-order valence-corrected chi connectivity index (χ4v) is 4.19. The van der Waals surface area contributed by atoms with Crippen molar-refractivity contribution in [1.82, 2.24) is 19.9 Å². The van der Waals surface area contributed by atoms with Gasteiger partial charge in [-0.2, -0.15) is 0 Å². The van der Waals surface area contributed by atoms with Crippen LogP contribution in [0.4, 0.5) is 23.1 Å². The molecule has 0 bridgehead atoms. The fraction of sp³-hybridized carbons (Fsp3) is 0.357. The van der Waals surface area contributed by atoms with Gasteiger partial charge >= 0.3 is 0 Å². The Hall–Kier alpha value is -3.78. The van der Waals surface area contributed by atoms with E-state index < -0.39 is 0 Å². The van der Waals surface area contributed by atoms with Crippen LogP contribution in [-0.2, 0) is 16.7 Å². The van der Waals surface area contributed by atoms with Gasteiger partial charge in [0.15, 0.2) is 5.82 Å². The summed E-state index contributed by atoms with van der Waals surface area (Å²) in [5.41, 5.74) is 7.25. The highest BCUT2D eigenvalue weighted by molar-refractivity contribution is 5.87. The van der Waals surface area contributed by atoms with E-state index in [0.717, 1.165) is 36.6 Å². The third-order valence-corrected chi connectivity index (χ3v) is 6.44. The molecule has 0 unspecified atom stereocenters. The fourth-order valence-electron chi connectivity index (χ4n) is 4.19. The third kappa shape index (κ3) is 5.39. The van der Waals surface area contributed by atoms with Crippen molar-refractivity contribution in [1.29, 1.82) is 0 Å². The van der Waals surface area contributed by atoms with E-state index in [-0.39, 0.29) is 5.41 Å². The topological polar surface area (TPSA) is 88.1 Å². The predicted molar refractivity (Wildman–Crippen MR) is 145 cm³/mol. The summed E-state index contributed by atoms with van der Waals surface area (Å²) in [6, 6.07) is 15.1. The smallest absolute Gasteiger partial charge is 0.226 e. The molecule has 1 fully saturated rings. The maximum absolute atomic E-state index is 5.47. The van der Waals surface area contributed by atoms with Crippen LogP contribution in [0, 0.1) is 6.92 Å².